The highest BCUT2D eigenvalue weighted by atomic mass is 32.1. The molecule has 37 heavy (non-hydrogen) atoms. The van der Waals surface area contributed by atoms with E-state index in [1.807, 2.05) is 0 Å². The largest absolute Gasteiger partial charge is 0.406 e. The highest BCUT2D eigenvalue weighted by Crippen LogP contribution is 2.87. The zero-order valence-corrected chi connectivity index (χ0v) is 23.9. The number of fused-ring (bicyclic) bond motifs is 4. The zero-order chi connectivity index (χ0) is 25.9. The summed E-state index contributed by atoms with van der Waals surface area (Å²) in [5.74, 6) is 1.88. The van der Waals surface area contributed by atoms with Gasteiger partial charge in [0, 0.05) is 13.5 Å². The summed E-state index contributed by atoms with van der Waals surface area (Å²) >= 11 is 0. The Kier molecular flexibility index (Phi) is 6.65. The second-order valence-electron chi connectivity index (χ2n) is 14.4. The van der Waals surface area contributed by atoms with Crippen LogP contribution in [0.2, 0.25) is 0 Å². The number of carbonyl (C=O) groups excluding carboxylic acids is 1. The lowest BCUT2D eigenvalue weighted by Gasteiger charge is -2.59. The second kappa shape index (κ2) is 8.76. The van der Waals surface area contributed by atoms with Crippen LogP contribution in [0.4, 0.5) is 13.2 Å². The summed E-state index contributed by atoms with van der Waals surface area (Å²) in [6.07, 6.45) is 6.39. The molecule has 0 aromatic carbocycles. The van der Waals surface area contributed by atoms with Crippen LogP contribution in [-0.4, -0.2) is 53.5 Å². The van der Waals surface area contributed by atoms with E-state index in [0.717, 1.165) is 30.6 Å². The number of aliphatic hydroxyl groups is 1. The van der Waals surface area contributed by atoms with E-state index in [1.165, 1.54) is 45.4 Å². The Morgan fingerprint density at radius 3 is 2.35 bits per heavy atom. The minimum atomic E-state index is -4.39. The molecule has 1 aliphatic heterocycles. The van der Waals surface area contributed by atoms with E-state index in [4.69, 9.17) is 4.74 Å². The van der Waals surface area contributed by atoms with Gasteiger partial charge in [-0.15, -0.1) is 0 Å². The Bertz CT molecular complexity index is 929. The molecule has 6 aliphatic rings. The third-order valence-corrected chi connectivity index (χ3v) is 12.9. The fraction of sp³-hybridized carbons (Fsp3) is 0.966. The Balaban J connectivity index is 0.00000280. The number of aliphatic hydroxyl groups excluding tert-OH is 1. The Morgan fingerprint density at radius 2 is 1.68 bits per heavy atom. The normalized spacial score (nSPS) is 49.4. The average Bonchev–Trinajstić information content (AvgIpc) is 3.36. The van der Waals surface area contributed by atoms with Crippen molar-refractivity contribution in [1.82, 2.24) is 4.90 Å². The van der Waals surface area contributed by atoms with Crippen LogP contribution in [0.25, 0.3) is 0 Å². The summed E-state index contributed by atoms with van der Waals surface area (Å²) < 4.78 is 45.6. The number of ether oxygens (including phenoxy) is 1. The highest BCUT2D eigenvalue weighted by molar-refractivity contribution is 7.59. The SMILES string of the molecule is CC(=O)N(CC1CCC2C(CC3C4CCC5C(C)(C)[C@@H](O)CCC56C[C@@]46CC[C@]23C)O1)CC(F)(F)F.S. The van der Waals surface area contributed by atoms with Gasteiger partial charge in [0.25, 0.3) is 0 Å². The van der Waals surface area contributed by atoms with Gasteiger partial charge < -0.3 is 14.7 Å². The number of amides is 1. The standard InChI is InChI=1S/C29H44F3NO3.H2S/c1-17(34)33(16-29(30,31)32)14-18-5-6-20-22(36-18)13-21-19-7-8-23-25(2,3)24(35)9-10-28(23)15-27(19,28)12-11-26(20,21)4;/h18-24,35H,5-16H2,1-4H3;1H2/t18?,19?,20?,21?,22?,23?,24-,26+,27-,28?;/m0./s1. The van der Waals surface area contributed by atoms with E-state index in [2.05, 4.69) is 20.8 Å². The first-order valence-corrected chi connectivity index (χ1v) is 14.4. The maximum Gasteiger partial charge on any atom is 0.406 e. The first-order chi connectivity index (χ1) is 16.7. The minimum absolute atomic E-state index is 0. The molecule has 5 aliphatic carbocycles. The number of hydrogen-bond donors (Lipinski definition) is 1. The molecule has 1 N–H and O–H groups in total. The van der Waals surface area contributed by atoms with Crippen molar-refractivity contribution in [3.8, 4) is 0 Å². The van der Waals surface area contributed by atoms with Crippen LogP contribution in [0.5, 0.6) is 0 Å². The van der Waals surface area contributed by atoms with Gasteiger partial charge in [0.15, 0.2) is 0 Å². The summed E-state index contributed by atoms with van der Waals surface area (Å²) in [5, 5.41) is 10.8. The van der Waals surface area contributed by atoms with Gasteiger partial charge >= 0.3 is 6.18 Å². The van der Waals surface area contributed by atoms with Gasteiger partial charge in [-0.05, 0) is 110 Å². The molecule has 0 radical (unpaired) electrons. The van der Waals surface area contributed by atoms with E-state index >= 15 is 0 Å². The number of hydrogen-bond acceptors (Lipinski definition) is 3. The molecule has 1 amide bonds. The molecular formula is C29H46F3NO3S. The van der Waals surface area contributed by atoms with Crippen LogP contribution in [0.1, 0.15) is 91.9 Å². The summed E-state index contributed by atoms with van der Waals surface area (Å²) in [5.41, 5.74) is 1.09. The van der Waals surface area contributed by atoms with E-state index in [-0.39, 0.29) is 49.2 Å². The third-order valence-electron chi connectivity index (χ3n) is 12.9. The number of rotatable bonds is 3. The smallest absolute Gasteiger partial charge is 0.393 e. The molecule has 1 heterocycles. The van der Waals surface area contributed by atoms with Gasteiger partial charge in [-0.3, -0.25) is 4.79 Å². The van der Waals surface area contributed by atoms with Crippen LogP contribution in [-0.2, 0) is 9.53 Å². The molecule has 6 fully saturated rings. The molecule has 0 aromatic heterocycles. The molecule has 6 rings (SSSR count). The summed E-state index contributed by atoms with van der Waals surface area (Å²) in [7, 11) is 0. The van der Waals surface area contributed by atoms with Crippen molar-refractivity contribution in [3.63, 3.8) is 0 Å². The first kappa shape index (κ1) is 28.1. The van der Waals surface area contributed by atoms with Gasteiger partial charge in [0.05, 0.1) is 18.3 Å². The van der Waals surface area contributed by atoms with E-state index in [9.17, 15) is 23.1 Å². The Morgan fingerprint density at radius 1 is 0.973 bits per heavy atom. The van der Waals surface area contributed by atoms with Crippen molar-refractivity contribution in [2.45, 2.75) is 116 Å². The lowest BCUT2D eigenvalue weighted by molar-refractivity contribution is -0.168. The molecule has 5 saturated carbocycles. The minimum Gasteiger partial charge on any atom is -0.393 e. The van der Waals surface area contributed by atoms with Crippen molar-refractivity contribution in [2.24, 2.45) is 45.3 Å². The molecule has 2 spiro atoms. The van der Waals surface area contributed by atoms with Crippen LogP contribution < -0.4 is 0 Å². The van der Waals surface area contributed by atoms with Gasteiger partial charge in [-0.2, -0.15) is 26.7 Å². The number of alkyl halides is 3. The Labute approximate surface area is 226 Å². The molecule has 212 valence electrons. The molecule has 10 atom stereocenters. The molecule has 7 unspecified atom stereocenters. The fourth-order valence-electron chi connectivity index (χ4n) is 11.2. The topological polar surface area (TPSA) is 49.8 Å². The molecule has 4 nitrogen and oxygen atoms in total. The Hall–Kier alpha value is -0.470. The van der Waals surface area contributed by atoms with Gasteiger partial charge in [-0.1, -0.05) is 20.8 Å². The van der Waals surface area contributed by atoms with E-state index < -0.39 is 18.6 Å². The van der Waals surface area contributed by atoms with Gasteiger partial charge in [0.2, 0.25) is 5.91 Å². The van der Waals surface area contributed by atoms with Crippen LogP contribution >= 0.6 is 13.5 Å². The average molecular weight is 546 g/mol. The number of carbonyl (C=O) groups is 1. The van der Waals surface area contributed by atoms with Crippen molar-refractivity contribution in [3.05, 3.63) is 0 Å². The first-order valence-electron chi connectivity index (χ1n) is 14.4. The van der Waals surface area contributed by atoms with Crippen molar-refractivity contribution < 1.29 is 27.8 Å². The maximum atomic E-state index is 13.0. The maximum absolute atomic E-state index is 13.0. The lowest BCUT2D eigenvalue weighted by Crippen LogP contribution is -2.54. The summed E-state index contributed by atoms with van der Waals surface area (Å²) in [4.78, 5) is 12.8. The predicted octanol–water partition coefficient (Wildman–Crippen LogP) is 6.08. The van der Waals surface area contributed by atoms with Crippen molar-refractivity contribution >= 4 is 19.4 Å². The van der Waals surface area contributed by atoms with E-state index in [0.29, 0.717) is 34.5 Å². The molecule has 0 aromatic rings. The van der Waals surface area contributed by atoms with Crippen LogP contribution in [0.3, 0.4) is 0 Å². The summed E-state index contributed by atoms with van der Waals surface area (Å²) in [6.45, 7) is 7.13. The fourth-order valence-corrected chi connectivity index (χ4v) is 11.2. The quantitative estimate of drug-likeness (QED) is 0.468. The van der Waals surface area contributed by atoms with Gasteiger partial charge in [-0.25, -0.2) is 0 Å². The monoisotopic (exact) mass is 545 g/mol. The highest BCUT2D eigenvalue weighted by Gasteiger charge is 2.80. The number of halogens is 3. The van der Waals surface area contributed by atoms with E-state index in [1.54, 1.807) is 0 Å². The molecular weight excluding hydrogens is 499 g/mol. The number of nitrogens with zero attached hydrogens (tertiary/aromatic N) is 1. The molecule has 0 bridgehead atoms. The molecule has 1 saturated heterocycles. The van der Waals surface area contributed by atoms with Crippen molar-refractivity contribution in [1.29, 1.82) is 0 Å². The zero-order valence-electron chi connectivity index (χ0n) is 22.9. The lowest BCUT2D eigenvalue weighted by atomic mass is 9.46. The third kappa shape index (κ3) is 3.95. The summed E-state index contributed by atoms with van der Waals surface area (Å²) in [6, 6.07) is 0. The predicted molar refractivity (Wildman–Crippen MR) is 140 cm³/mol. The second-order valence-corrected chi connectivity index (χ2v) is 14.4. The van der Waals surface area contributed by atoms with Crippen LogP contribution in [0.15, 0.2) is 0 Å². The van der Waals surface area contributed by atoms with Crippen LogP contribution in [0, 0.1) is 45.3 Å². The molecule has 8 heteroatoms. The van der Waals surface area contributed by atoms with Gasteiger partial charge in [0.1, 0.15) is 6.54 Å². The van der Waals surface area contributed by atoms with Crippen molar-refractivity contribution in [2.75, 3.05) is 13.1 Å².